The van der Waals surface area contributed by atoms with Crippen LogP contribution >= 0.6 is 15.9 Å². The van der Waals surface area contributed by atoms with Crippen molar-refractivity contribution >= 4 is 43.2 Å². The van der Waals surface area contributed by atoms with Crippen molar-refractivity contribution in [3.05, 3.63) is 82.8 Å². The zero-order valence-electron chi connectivity index (χ0n) is 18.8. The first-order valence-corrected chi connectivity index (χ1v) is 12.9. The van der Waals surface area contributed by atoms with Crippen LogP contribution in [0.4, 0.5) is 11.4 Å². The molecule has 0 fully saturated rings. The molecule has 0 aliphatic carbocycles. The maximum atomic E-state index is 13.1. The van der Waals surface area contributed by atoms with Crippen molar-refractivity contribution in [3.8, 4) is 5.75 Å². The fraction of sp³-hybridized carbons (Fsp3) is 0.240. The summed E-state index contributed by atoms with van der Waals surface area (Å²) in [6.45, 7) is 6.64. The highest BCUT2D eigenvalue weighted by Gasteiger charge is 2.23. The van der Waals surface area contributed by atoms with Crippen molar-refractivity contribution in [3.63, 3.8) is 0 Å². The quantitative estimate of drug-likeness (QED) is 0.370. The molecule has 0 spiro atoms. The molecule has 3 aromatic rings. The van der Waals surface area contributed by atoms with Crippen molar-refractivity contribution in [2.45, 2.75) is 25.7 Å². The average molecular weight is 531 g/mol. The Hall–Kier alpha value is -2.84. The number of para-hydroxylation sites is 1. The van der Waals surface area contributed by atoms with Gasteiger partial charge >= 0.3 is 0 Å². The average Bonchev–Trinajstić information content (AvgIpc) is 2.79. The van der Waals surface area contributed by atoms with E-state index in [1.54, 1.807) is 55.5 Å². The highest BCUT2D eigenvalue weighted by Crippen LogP contribution is 2.27. The molecule has 0 aromatic heterocycles. The number of carbonyl (C=O) groups excluding carboxylic acids is 1. The minimum atomic E-state index is -3.74. The maximum absolute atomic E-state index is 13.1. The number of hydrogen-bond donors (Lipinski definition) is 1. The SMILES string of the molecule is CCN(c1ccccc1)S(=O)(=O)c1ccc(NC(=O)c2cc(Br)ccc2OCC(C)C)cc1. The molecule has 0 bridgehead atoms. The Labute approximate surface area is 203 Å². The molecule has 174 valence electrons. The van der Waals surface area contributed by atoms with Crippen molar-refractivity contribution in [2.24, 2.45) is 5.92 Å². The molecule has 0 atom stereocenters. The van der Waals surface area contributed by atoms with Gasteiger partial charge in [-0.3, -0.25) is 9.10 Å². The molecule has 3 aromatic carbocycles. The van der Waals surface area contributed by atoms with Gasteiger partial charge in [0.1, 0.15) is 5.75 Å². The molecule has 0 heterocycles. The van der Waals surface area contributed by atoms with Crippen LogP contribution in [0.15, 0.2) is 82.2 Å². The van der Waals surface area contributed by atoms with Gasteiger partial charge in [-0.05, 0) is 67.4 Å². The lowest BCUT2D eigenvalue weighted by Crippen LogP contribution is -2.30. The molecule has 0 saturated carbocycles. The molecule has 0 aliphatic rings. The van der Waals surface area contributed by atoms with Crippen LogP contribution in [0.1, 0.15) is 31.1 Å². The van der Waals surface area contributed by atoms with Gasteiger partial charge in [-0.25, -0.2) is 8.42 Å². The highest BCUT2D eigenvalue weighted by molar-refractivity contribution is 9.10. The van der Waals surface area contributed by atoms with E-state index in [-0.39, 0.29) is 10.8 Å². The second kappa shape index (κ2) is 10.9. The summed E-state index contributed by atoms with van der Waals surface area (Å²) in [4.78, 5) is 13.1. The number of benzene rings is 3. The molecule has 0 aliphatic heterocycles. The van der Waals surface area contributed by atoms with Gasteiger partial charge in [0.2, 0.25) is 0 Å². The second-order valence-electron chi connectivity index (χ2n) is 7.83. The molecule has 33 heavy (non-hydrogen) atoms. The summed E-state index contributed by atoms with van der Waals surface area (Å²) in [5.74, 6) is 0.466. The fourth-order valence-electron chi connectivity index (χ4n) is 3.18. The van der Waals surface area contributed by atoms with Crippen LogP contribution in [0, 0.1) is 5.92 Å². The van der Waals surface area contributed by atoms with E-state index < -0.39 is 10.0 Å². The van der Waals surface area contributed by atoms with Crippen molar-refractivity contribution in [1.82, 2.24) is 0 Å². The van der Waals surface area contributed by atoms with E-state index >= 15 is 0 Å². The van der Waals surface area contributed by atoms with Crippen LogP contribution in [0.25, 0.3) is 0 Å². The molecule has 1 N–H and O–H groups in total. The number of ether oxygens (including phenoxy) is 1. The van der Waals surface area contributed by atoms with E-state index in [0.29, 0.717) is 41.8 Å². The Balaban J connectivity index is 1.80. The first-order chi connectivity index (χ1) is 15.7. The Morgan fingerprint density at radius 3 is 2.30 bits per heavy atom. The summed E-state index contributed by atoms with van der Waals surface area (Å²) >= 11 is 3.39. The molecular weight excluding hydrogens is 504 g/mol. The van der Waals surface area contributed by atoms with E-state index in [4.69, 9.17) is 4.74 Å². The predicted octanol–water partition coefficient (Wildman–Crippen LogP) is 5.95. The Bertz CT molecular complexity index is 1200. The first kappa shape index (κ1) is 24.8. The number of nitrogens with one attached hydrogen (secondary N) is 1. The van der Waals surface area contributed by atoms with Crippen LogP contribution in [0.2, 0.25) is 0 Å². The summed E-state index contributed by atoms with van der Waals surface area (Å²) in [7, 11) is -3.74. The number of nitrogens with zero attached hydrogens (tertiary/aromatic N) is 1. The third kappa shape index (κ3) is 6.15. The summed E-state index contributed by atoms with van der Waals surface area (Å²) in [5, 5.41) is 2.82. The number of sulfonamides is 1. The van der Waals surface area contributed by atoms with E-state index in [2.05, 4.69) is 21.2 Å². The molecule has 0 radical (unpaired) electrons. The van der Waals surface area contributed by atoms with Crippen molar-refractivity contribution in [2.75, 3.05) is 22.8 Å². The normalized spacial score (nSPS) is 11.3. The third-order valence-electron chi connectivity index (χ3n) is 4.79. The molecule has 8 heteroatoms. The van der Waals surface area contributed by atoms with Crippen LogP contribution in [0.5, 0.6) is 5.75 Å². The maximum Gasteiger partial charge on any atom is 0.264 e. The minimum absolute atomic E-state index is 0.148. The molecule has 0 unspecified atom stereocenters. The topological polar surface area (TPSA) is 75.7 Å². The number of halogens is 1. The van der Waals surface area contributed by atoms with Gasteiger partial charge in [0, 0.05) is 16.7 Å². The number of amides is 1. The van der Waals surface area contributed by atoms with E-state index in [0.717, 1.165) is 4.47 Å². The molecule has 3 rings (SSSR count). The Kier molecular flexibility index (Phi) is 8.15. The van der Waals surface area contributed by atoms with Crippen LogP contribution in [0.3, 0.4) is 0 Å². The summed E-state index contributed by atoms with van der Waals surface area (Å²) in [6.07, 6.45) is 0. The number of hydrogen-bond acceptors (Lipinski definition) is 4. The lowest BCUT2D eigenvalue weighted by atomic mass is 10.1. The van der Waals surface area contributed by atoms with Gasteiger partial charge < -0.3 is 10.1 Å². The minimum Gasteiger partial charge on any atom is -0.492 e. The monoisotopic (exact) mass is 530 g/mol. The zero-order valence-corrected chi connectivity index (χ0v) is 21.2. The van der Waals surface area contributed by atoms with Crippen LogP contribution in [-0.2, 0) is 10.0 Å². The van der Waals surface area contributed by atoms with Gasteiger partial charge in [0.05, 0.1) is 22.8 Å². The van der Waals surface area contributed by atoms with Crippen LogP contribution < -0.4 is 14.4 Å². The molecule has 1 amide bonds. The first-order valence-electron chi connectivity index (χ1n) is 10.6. The van der Waals surface area contributed by atoms with E-state index in [9.17, 15) is 13.2 Å². The molecule has 6 nitrogen and oxygen atoms in total. The lowest BCUT2D eigenvalue weighted by Gasteiger charge is -2.23. The Morgan fingerprint density at radius 2 is 1.70 bits per heavy atom. The van der Waals surface area contributed by atoms with Crippen molar-refractivity contribution in [1.29, 1.82) is 0 Å². The van der Waals surface area contributed by atoms with Crippen LogP contribution in [-0.4, -0.2) is 27.5 Å². The number of rotatable bonds is 9. The van der Waals surface area contributed by atoms with Crippen molar-refractivity contribution < 1.29 is 17.9 Å². The molecule has 0 saturated heterocycles. The smallest absolute Gasteiger partial charge is 0.264 e. The zero-order chi connectivity index (χ0) is 24.0. The van der Waals surface area contributed by atoms with Gasteiger partial charge in [-0.1, -0.05) is 48.0 Å². The summed E-state index contributed by atoms with van der Waals surface area (Å²) < 4.78 is 34.2. The lowest BCUT2D eigenvalue weighted by molar-refractivity contribution is 0.102. The number of anilines is 2. The third-order valence-corrected chi connectivity index (χ3v) is 7.20. The van der Waals surface area contributed by atoms with Gasteiger partial charge in [-0.15, -0.1) is 0 Å². The Morgan fingerprint density at radius 1 is 1.03 bits per heavy atom. The standard InChI is InChI=1S/C25H27BrN2O4S/c1-4-28(21-8-6-5-7-9-21)33(30,31)22-13-11-20(12-14-22)27-25(29)23-16-19(26)10-15-24(23)32-17-18(2)3/h5-16,18H,4,17H2,1-3H3,(H,27,29). The van der Waals surface area contributed by atoms with E-state index in [1.165, 1.54) is 16.4 Å². The van der Waals surface area contributed by atoms with E-state index in [1.807, 2.05) is 26.0 Å². The summed E-state index contributed by atoms with van der Waals surface area (Å²) in [6, 6.07) is 20.4. The second-order valence-corrected chi connectivity index (χ2v) is 10.6. The number of carbonyl (C=O) groups is 1. The van der Waals surface area contributed by atoms with Gasteiger partial charge in [-0.2, -0.15) is 0 Å². The summed E-state index contributed by atoms with van der Waals surface area (Å²) in [5.41, 5.74) is 1.47. The predicted molar refractivity (Wildman–Crippen MR) is 136 cm³/mol. The highest BCUT2D eigenvalue weighted by atomic mass is 79.9. The van der Waals surface area contributed by atoms with Gasteiger partial charge in [0.25, 0.3) is 15.9 Å². The molecular formula is C25H27BrN2O4S. The van der Waals surface area contributed by atoms with Gasteiger partial charge in [0.15, 0.2) is 0 Å². The largest absolute Gasteiger partial charge is 0.492 e. The fourth-order valence-corrected chi connectivity index (χ4v) is 5.02.